The smallest absolute Gasteiger partial charge is 0.238 e. The van der Waals surface area contributed by atoms with Crippen LogP contribution in [0.3, 0.4) is 0 Å². The largest absolute Gasteiger partial charge is 0.278 e. The molecule has 0 aliphatic carbocycles. The molecule has 41 heavy (non-hydrogen) atoms. The SMILES string of the molecule is CCc1ccccc1-c1cc2c3ccccc3n(-c3nc(-c4ccccc4)nc(-c4ccccc4)n3)c2cc1CC. The fourth-order valence-electron chi connectivity index (χ4n) is 5.81. The molecule has 7 aromatic rings. The summed E-state index contributed by atoms with van der Waals surface area (Å²) in [6.45, 7) is 4.46. The number of para-hydroxylation sites is 1. The lowest BCUT2D eigenvalue weighted by Crippen LogP contribution is -2.06. The molecule has 0 saturated heterocycles. The van der Waals surface area contributed by atoms with Crippen molar-refractivity contribution in [3.8, 4) is 39.9 Å². The van der Waals surface area contributed by atoms with Gasteiger partial charge in [-0.05, 0) is 53.3 Å². The van der Waals surface area contributed by atoms with Crippen LogP contribution in [0.2, 0.25) is 0 Å². The normalized spacial score (nSPS) is 11.4. The average Bonchev–Trinajstić information content (AvgIpc) is 3.38. The van der Waals surface area contributed by atoms with Crippen molar-refractivity contribution >= 4 is 21.8 Å². The molecule has 0 aliphatic rings. The highest BCUT2D eigenvalue weighted by molar-refractivity contribution is 6.10. The minimum Gasteiger partial charge on any atom is -0.278 e. The van der Waals surface area contributed by atoms with Crippen LogP contribution in [0.5, 0.6) is 0 Å². The summed E-state index contributed by atoms with van der Waals surface area (Å²) in [6, 6.07) is 42.3. The van der Waals surface area contributed by atoms with E-state index in [1.807, 2.05) is 60.7 Å². The molecule has 5 aromatic carbocycles. The van der Waals surface area contributed by atoms with Crippen LogP contribution in [-0.2, 0) is 12.8 Å². The molecular weight excluding hydrogens is 500 g/mol. The van der Waals surface area contributed by atoms with E-state index in [2.05, 4.69) is 79.1 Å². The van der Waals surface area contributed by atoms with Gasteiger partial charge in [0, 0.05) is 21.9 Å². The zero-order chi connectivity index (χ0) is 27.8. The second kappa shape index (κ2) is 10.5. The van der Waals surface area contributed by atoms with Crippen LogP contribution in [-0.4, -0.2) is 19.5 Å². The number of hydrogen-bond donors (Lipinski definition) is 0. The van der Waals surface area contributed by atoms with Gasteiger partial charge in [-0.15, -0.1) is 0 Å². The van der Waals surface area contributed by atoms with Crippen molar-refractivity contribution in [2.24, 2.45) is 0 Å². The number of rotatable bonds is 6. The predicted molar refractivity (Wildman–Crippen MR) is 169 cm³/mol. The van der Waals surface area contributed by atoms with Gasteiger partial charge in [-0.3, -0.25) is 4.57 Å². The minimum atomic E-state index is 0.618. The standard InChI is InChI=1S/C37H30N4/c1-3-25-15-11-12-20-29(25)31-24-32-30-21-13-14-22-33(30)41(34(32)23-26(31)4-2)37-39-35(27-16-7-5-8-17-27)38-36(40-37)28-18-9-6-10-19-28/h5-24H,3-4H2,1-2H3. The van der Waals surface area contributed by atoms with E-state index in [1.54, 1.807) is 0 Å². The predicted octanol–water partition coefficient (Wildman–Crippen LogP) is 9.09. The van der Waals surface area contributed by atoms with Gasteiger partial charge in [0.25, 0.3) is 0 Å². The van der Waals surface area contributed by atoms with Crippen LogP contribution in [0, 0.1) is 0 Å². The Morgan fingerprint density at radius 1 is 0.488 bits per heavy atom. The summed E-state index contributed by atoms with van der Waals surface area (Å²) in [5.41, 5.74) is 9.38. The molecular formula is C37H30N4. The average molecular weight is 531 g/mol. The van der Waals surface area contributed by atoms with Crippen molar-refractivity contribution in [3.05, 3.63) is 132 Å². The molecule has 0 spiro atoms. The lowest BCUT2D eigenvalue weighted by Gasteiger charge is -2.14. The van der Waals surface area contributed by atoms with Crippen LogP contribution >= 0.6 is 0 Å². The molecule has 0 saturated carbocycles. The van der Waals surface area contributed by atoms with Crippen LogP contribution in [0.4, 0.5) is 0 Å². The Balaban J connectivity index is 1.55. The number of nitrogens with zero attached hydrogens (tertiary/aromatic N) is 4. The second-order valence-electron chi connectivity index (χ2n) is 10.3. The first-order chi connectivity index (χ1) is 20.2. The fraction of sp³-hybridized carbons (Fsp3) is 0.108. The first-order valence-corrected chi connectivity index (χ1v) is 14.3. The van der Waals surface area contributed by atoms with Gasteiger partial charge in [0.05, 0.1) is 11.0 Å². The molecule has 0 aliphatic heterocycles. The fourth-order valence-corrected chi connectivity index (χ4v) is 5.81. The molecule has 0 atom stereocenters. The van der Waals surface area contributed by atoms with Crippen molar-refractivity contribution in [1.82, 2.24) is 19.5 Å². The molecule has 198 valence electrons. The maximum Gasteiger partial charge on any atom is 0.238 e. The molecule has 0 unspecified atom stereocenters. The molecule has 4 heteroatoms. The van der Waals surface area contributed by atoms with Crippen LogP contribution in [0.15, 0.2) is 121 Å². The molecule has 2 aromatic heterocycles. The van der Waals surface area contributed by atoms with Crippen molar-refractivity contribution in [3.63, 3.8) is 0 Å². The Bertz CT molecular complexity index is 1950. The first kappa shape index (κ1) is 24.9. The van der Waals surface area contributed by atoms with Gasteiger partial charge in [-0.2, -0.15) is 9.97 Å². The quantitative estimate of drug-likeness (QED) is 0.215. The molecule has 0 bridgehead atoms. The van der Waals surface area contributed by atoms with Gasteiger partial charge in [0.2, 0.25) is 5.95 Å². The zero-order valence-electron chi connectivity index (χ0n) is 23.3. The monoisotopic (exact) mass is 530 g/mol. The zero-order valence-corrected chi connectivity index (χ0v) is 23.3. The van der Waals surface area contributed by atoms with E-state index in [4.69, 9.17) is 15.0 Å². The van der Waals surface area contributed by atoms with Crippen LogP contribution in [0.25, 0.3) is 61.7 Å². The van der Waals surface area contributed by atoms with E-state index >= 15 is 0 Å². The van der Waals surface area contributed by atoms with E-state index in [1.165, 1.54) is 33.0 Å². The van der Waals surface area contributed by atoms with Gasteiger partial charge in [-0.25, -0.2) is 4.98 Å². The molecule has 0 fully saturated rings. The molecule has 0 N–H and O–H groups in total. The lowest BCUT2D eigenvalue weighted by molar-refractivity contribution is 0.952. The van der Waals surface area contributed by atoms with E-state index < -0.39 is 0 Å². The summed E-state index contributed by atoms with van der Waals surface area (Å²) in [7, 11) is 0. The summed E-state index contributed by atoms with van der Waals surface area (Å²) < 4.78 is 2.21. The second-order valence-corrected chi connectivity index (χ2v) is 10.3. The van der Waals surface area contributed by atoms with Crippen molar-refractivity contribution < 1.29 is 0 Å². The van der Waals surface area contributed by atoms with E-state index in [9.17, 15) is 0 Å². The van der Waals surface area contributed by atoms with E-state index in [0.29, 0.717) is 17.6 Å². The Kier molecular flexibility index (Phi) is 6.36. The number of benzene rings is 5. The van der Waals surface area contributed by atoms with Crippen molar-refractivity contribution in [2.75, 3.05) is 0 Å². The summed E-state index contributed by atoms with van der Waals surface area (Å²) in [5, 5.41) is 2.38. The minimum absolute atomic E-state index is 0.618. The maximum absolute atomic E-state index is 5.08. The molecule has 2 heterocycles. The number of hydrogen-bond acceptors (Lipinski definition) is 3. The summed E-state index contributed by atoms with van der Waals surface area (Å²) in [6.07, 6.45) is 1.92. The van der Waals surface area contributed by atoms with Crippen molar-refractivity contribution in [2.45, 2.75) is 26.7 Å². The van der Waals surface area contributed by atoms with Crippen LogP contribution < -0.4 is 0 Å². The van der Waals surface area contributed by atoms with Gasteiger partial charge in [0.1, 0.15) is 0 Å². The Hall–Kier alpha value is -5.09. The molecule has 4 nitrogen and oxygen atoms in total. The third-order valence-corrected chi connectivity index (χ3v) is 7.85. The number of fused-ring (bicyclic) bond motifs is 3. The number of aryl methyl sites for hydroxylation is 2. The highest BCUT2D eigenvalue weighted by atomic mass is 15.2. The van der Waals surface area contributed by atoms with E-state index in [-0.39, 0.29) is 0 Å². The Morgan fingerprint density at radius 3 is 1.73 bits per heavy atom. The number of aromatic nitrogens is 4. The highest BCUT2D eigenvalue weighted by Crippen LogP contribution is 2.38. The maximum atomic E-state index is 5.08. The summed E-state index contributed by atoms with van der Waals surface area (Å²) >= 11 is 0. The Morgan fingerprint density at radius 2 is 1.07 bits per heavy atom. The summed E-state index contributed by atoms with van der Waals surface area (Å²) in [5.74, 6) is 1.93. The van der Waals surface area contributed by atoms with E-state index in [0.717, 1.165) is 35.0 Å². The van der Waals surface area contributed by atoms with Gasteiger partial charge >= 0.3 is 0 Å². The first-order valence-electron chi connectivity index (χ1n) is 14.3. The molecule has 0 radical (unpaired) electrons. The topological polar surface area (TPSA) is 43.6 Å². The van der Waals surface area contributed by atoms with Crippen LogP contribution in [0.1, 0.15) is 25.0 Å². The van der Waals surface area contributed by atoms with Gasteiger partial charge < -0.3 is 0 Å². The highest BCUT2D eigenvalue weighted by Gasteiger charge is 2.20. The third kappa shape index (κ3) is 4.38. The van der Waals surface area contributed by atoms with Crippen molar-refractivity contribution in [1.29, 1.82) is 0 Å². The summed E-state index contributed by atoms with van der Waals surface area (Å²) in [4.78, 5) is 15.1. The van der Waals surface area contributed by atoms with Gasteiger partial charge in [0.15, 0.2) is 11.6 Å². The molecule has 7 rings (SSSR count). The molecule has 0 amide bonds. The lowest BCUT2D eigenvalue weighted by atomic mass is 9.91. The Labute approximate surface area is 240 Å². The van der Waals surface area contributed by atoms with Gasteiger partial charge in [-0.1, -0.05) is 117 Å². The third-order valence-electron chi connectivity index (χ3n) is 7.85.